The normalized spacial score (nSPS) is 30.0. The molecular weight excluding hydrogens is 232 g/mol. The Bertz CT molecular complexity index is 273. The van der Waals surface area contributed by atoms with Crippen molar-refractivity contribution < 1.29 is 0 Å². The first kappa shape index (κ1) is 15.3. The summed E-state index contributed by atoms with van der Waals surface area (Å²) in [6.07, 6.45) is 5.59. The molecule has 2 fully saturated rings. The second-order valence-corrected chi connectivity index (χ2v) is 7.87. The Morgan fingerprint density at radius 2 is 1.79 bits per heavy atom. The number of piperazine rings is 1. The summed E-state index contributed by atoms with van der Waals surface area (Å²) in [5.41, 5.74) is 0.376. The fourth-order valence-corrected chi connectivity index (χ4v) is 3.44. The maximum atomic E-state index is 3.83. The molecule has 2 unspecified atom stereocenters. The van der Waals surface area contributed by atoms with Gasteiger partial charge in [0, 0.05) is 31.7 Å². The van der Waals surface area contributed by atoms with Crippen molar-refractivity contribution in [3.8, 4) is 0 Å². The van der Waals surface area contributed by atoms with Crippen LogP contribution in [0.4, 0.5) is 0 Å². The number of nitrogens with one attached hydrogen (secondary N) is 1. The van der Waals surface area contributed by atoms with Gasteiger partial charge in [0.2, 0.25) is 0 Å². The molecule has 0 aromatic carbocycles. The van der Waals surface area contributed by atoms with E-state index in [1.165, 1.54) is 45.3 Å². The number of nitrogens with zero attached hydrogens (tertiary/aromatic N) is 1. The molecule has 112 valence electrons. The number of hydrogen-bond acceptors (Lipinski definition) is 2. The Kier molecular flexibility index (Phi) is 4.94. The van der Waals surface area contributed by atoms with Crippen LogP contribution >= 0.6 is 0 Å². The summed E-state index contributed by atoms with van der Waals surface area (Å²) in [4.78, 5) is 2.84. The largest absolute Gasteiger partial charge is 0.311 e. The van der Waals surface area contributed by atoms with Crippen LogP contribution in [0.2, 0.25) is 0 Å². The highest BCUT2D eigenvalue weighted by Crippen LogP contribution is 2.38. The summed E-state index contributed by atoms with van der Waals surface area (Å²) >= 11 is 0. The topological polar surface area (TPSA) is 15.3 Å². The summed E-state index contributed by atoms with van der Waals surface area (Å²) in [6, 6.07) is 1.47. The van der Waals surface area contributed by atoms with Gasteiger partial charge in [-0.05, 0) is 30.1 Å². The standard InChI is InChI=1S/C17H34N2/c1-6-13(7-2)11-19-12-16(17(3,4)5)18-10-15(19)14-8-9-14/h13-16,18H,6-12H2,1-5H3. The van der Waals surface area contributed by atoms with Crippen molar-refractivity contribution in [3.63, 3.8) is 0 Å². The van der Waals surface area contributed by atoms with Crippen molar-refractivity contribution in [1.29, 1.82) is 0 Å². The van der Waals surface area contributed by atoms with Gasteiger partial charge in [0.1, 0.15) is 0 Å². The molecule has 1 aliphatic carbocycles. The summed E-state index contributed by atoms with van der Waals surface area (Å²) in [5, 5.41) is 3.83. The fraction of sp³-hybridized carbons (Fsp3) is 1.00. The molecule has 1 saturated heterocycles. The van der Waals surface area contributed by atoms with Crippen molar-refractivity contribution in [2.75, 3.05) is 19.6 Å². The molecule has 0 bridgehead atoms. The predicted molar refractivity (Wildman–Crippen MR) is 83.4 cm³/mol. The van der Waals surface area contributed by atoms with Gasteiger partial charge in [0.05, 0.1) is 0 Å². The molecule has 2 atom stereocenters. The van der Waals surface area contributed by atoms with Crippen LogP contribution in [0.5, 0.6) is 0 Å². The van der Waals surface area contributed by atoms with Crippen LogP contribution in [0.3, 0.4) is 0 Å². The third-order valence-corrected chi connectivity index (χ3v) is 5.32. The third kappa shape index (κ3) is 3.95. The van der Waals surface area contributed by atoms with Crippen LogP contribution < -0.4 is 5.32 Å². The predicted octanol–water partition coefficient (Wildman–Crippen LogP) is 3.52. The van der Waals surface area contributed by atoms with E-state index in [4.69, 9.17) is 0 Å². The van der Waals surface area contributed by atoms with Crippen molar-refractivity contribution in [2.45, 2.75) is 72.4 Å². The van der Waals surface area contributed by atoms with E-state index < -0.39 is 0 Å². The number of hydrogen-bond donors (Lipinski definition) is 1. The molecule has 0 amide bonds. The molecule has 0 aromatic heterocycles. The smallest absolute Gasteiger partial charge is 0.0249 e. The Balaban J connectivity index is 1.99. The Labute approximate surface area is 120 Å². The minimum atomic E-state index is 0.376. The third-order valence-electron chi connectivity index (χ3n) is 5.32. The Hall–Kier alpha value is -0.0800. The van der Waals surface area contributed by atoms with Crippen LogP contribution in [-0.2, 0) is 0 Å². The monoisotopic (exact) mass is 266 g/mol. The van der Waals surface area contributed by atoms with Crippen LogP contribution in [-0.4, -0.2) is 36.6 Å². The molecule has 2 aliphatic rings. The van der Waals surface area contributed by atoms with Gasteiger partial charge in [-0.1, -0.05) is 47.5 Å². The molecule has 0 radical (unpaired) electrons. The zero-order chi connectivity index (χ0) is 14.0. The minimum absolute atomic E-state index is 0.376. The van der Waals surface area contributed by atoms with E-state index in [0.717, 1.165) is 17.9 Å². The van der Waals surface area contributed by atoms with Crippen LogP contribution in [0.15, 0.2) is 0 Å². The molecule has 1 aliphatic heterocycles. The van der Waals surface area contributed by atoms with Crippen molar-refractivity contribution in [1.82, 2.24) is 10.2 Å². The zero-order valence-electron chi connectivity index (χ0n) is 13.7. The zero-order valence-corrected chi connectivity index (χ0v) is 13.7. The first-order valence-electron chi connectivity index (χ1n) is 8.43. The van der Waals surface area contributed by atoms with Gasteiger partial charge in [-0.2, -0.15) is 0 Å². The average Bonchev–Trinajstić information content (AvgIpc) is 3.18. The van der Waals surface area contributed by atoms with Crippen LogP contribution in [0, 0.1) is 17.3 Å². The summed E-state index contributed by atoms with van der Waals surface area (Å²) < 4.78 is 0. The highest BCUT2D eigenvalue weighted by Gasteiger charge is 2.41. The highest BCUT2D eigenvalue weighted by molar-refractivity contribution is 4.98. The van der Waals surface area contributed by atoms with Gasteiger partial charge >= 0.3 is 0 Å². The lowest BCUT2D eigenvalue weighted by Crippen LogP contribution is -2.61. The van der Waals surface area contributed by atoms with Gasteiger partial charge in [0.15, 0.2) is 0 Å². The maximum Gasteiger partial charge on any atom is 0.0249 e. The maximum absolute atomic E-state index is 3.83. The Morgan fingerprint density at radius 3 is 2.26 bits per heavy atom. The van der Waals surface area contributed by atoms with E-state index in [2.05, 4.69) is 44.8 Å². The molecule has 0 aromatic rings. The van der Waals surface area contributed by atoms with E-state index in [-0.39, 0.29) is 0 Å². The molecule has 1 heterocycles. The second kappa shape index (κ2) is 6.13. The van der Waals surface area contributed by atoms with Gasteiger partial charge in [-0.15, -0.1) is 0 Å². The van der Waals surface area contributed by atoms with E-state index in [9.17, 15) is 0 Å². The molecule has 19 heavy (non-hydrogen) atoms. The highest BCUT2D eigenvalue weighted by atomic mass is 15.2. The second-order valence-electron chi connectivity index (χ2n) is 7.87. The first-order chi connectivity index (χ1) is 8.95. The van der Waals surface area contributed by atoms with Gasteiger partial charge in [-0.3, -0.25) is 4.90 Å². The summed E-state index contributed by atoms with van der Waals surface area (Å²) in [7, 11) is 0. The van der Waals surface area contributed by atoms with E-state index in [0.29, 0.717) is 11.5 Å². The molecule has 2 nitrogen and oxygen atoms in total. The van der Waals surface area contributed by atoms with E-state index in [1.54, 1.807) is 0 Å². The van der Waals surface area contributed by atoms with E-state index >= 15 is 0 Å². The number of rotatable bonds is 5. The van der Waals surface area contributed by atoms with Gasteiger partial charge in [-0.25, -0.2) is 0 Å². The summed E-state index contributed by atoms with van der Waals surface area (Å²) in [6.45, 7) is 15.6. The molecular formula is C17H34N2. The lowest BCUT2D eigenvalue weighted by molar-refractivity contribution is 0.0605. The SMILES string of the molecule is CCC(CC)CN1CC(C(C)(C)C)NCC1C1CC1. The van der Waals surface area contributed by atoms with Gasteiger partial charge < -0.3 is 5.32 Å². The summed E-state index contributed by atoms with van der Waals surface area (Å²) in [5.74, 6) is 1.88. The molecule has 0 spiro atoms. The Morgan fingerprint density at radius 1 is 1.16 bits per heavy atom. The lowest BCUT2D eigenvalue weighted by Gasteiger charge is -2.46. The van der Waals surface area contributed by atoms with Crippen LogP contribution in [0.25, 0.3) is 0 Å². The van der Waals surface area contributed by atoms with Crippen LogP contribution in [0.1, 0.15) is 60.3 Å². The quantitative estimate of drug-likeness (QED) is 0.819. The van der Waals surface area contributed by atoms with Gasteiger partial charge in [0.25, 0.3) is 0 Å². The molecule has 2 rings (SSSR count). The van der Waals surface area contributed by atoms with Crippen molar-refractivity contribution in [2.24, 2.45) is 17.3 Å². The molecule has 1 N–H and O–H groups in total. The lowest BCUT2D eigenvalue weighted by atomic mass is 9.84. The first-order valence-corrected chi connectivity index (χ1v) is 8.43. The minimum Gasteiger partial charge on any atom is -0.311 e. The average molecular weight is 266 g/mol. The fourth-order valence-electron chi connectivity index (χ4n) is 3.44. The molecule has 1 saturated carbocycles. The van der Waals surface area contributed by atoms with E-state index in [1.807, 2.05) is 0 Å². The van der Waals surface area contributed by atoms with Crippen molar-refractivity contribution >= 4 is 0 Å². The van der Waals surface area contributed by atoms with Crippen molar-refractivity contribution in [3.05, 3.63) is 0 Å². The molecule has 2 heteroatoms.